The first kappa shape index (κ1) is 67.7. The Balaban J connectivity index is 0.937. The van der Waals surface area contributed by atoms with Gasteiger partial charge in [0.1, 0.15) is 25.9 Å². The lowest BCUT2D eigenvalue weighted by Crippen LogP contribution is -2.50. The van der Waals surface area contributed by atoms with Crippen LogP contribution in [0.15, 0.2) is 70.0 Å². The van der Waals surface area contributed by atoms with Crippen molar-refractivity contribution < 1.29 is 61.7 Å². The number of amides is 4. The Morgan fingerprint density at radius 1 is 0.805 bits per heavy atom. The molecule has 0 aliphatic carbocycles. The number of ether oxygens (including phenoxy) is 3. The number of piperazine rings is 1. The normalized spacial score (nSPS) is 18.1. The molecule has 472 valence electrons. The highest BCUT2D eigenvalue weighted by atomic mass is 19.3. The van der Waals surface area contributed by atoms with Crippen LogP contribution >= 0.6 is 0 Å². The molecule has 0 radical (unpaired) electrons. The fraction of sp³-hybridized carbons (Fsp3) is 0.534. The van der Waals surface area contributed by atoms with Crippen LogP contribution in [0, 0.1) is 19.3 Å². The van der Waals surface area contributed by atoms with E-state index in [1.54, 1.807) is 41.7 Å². The number of carbonyl (C=O) groups excluding carboxylic acids is 6. The number of carboxylic acids is 1. The summed E-state index contributed by atoms with van der Waals surface area (Å²) < 4.78 is 44.0. The van der Waals surface area contributed by atoms with Crippen LogP contribution in [0.3, 0.4) is 0 Å². The zero-order valence-electron chi connectivity index (χ0n) is 49.1. The van der Waals surface area contributed by atoms with E-state index in [1.165, 1.54) is 12.3 Å². The van der Waals surface area contributed by atoms with Crippen LogP contribution < -0.4 is 31.6 Å². The van der Waals surface area contributed by atoms with Crippen LogP contribution in [-0.2, 0) is 38.2 Å². The Morgan fingerprint density at radius 3 is 2.13 bits per heavy atom. The van der Waals surface area contributed by atoms with Crippen LogP contribution in [0.25, 0.3) is 10.9 Å². The van der Waals surface area contributed by atoms with Crippen molar-refractivity contribution in [2.45, 2.75) is 57.0 Å². The molecule has 1 aromatic heterocycles. The molecule has 87 heavy (non-hydrogen) atoms. The van der Waals surface area contributed by atoms with Crippen molar-refractivity contribution in [3.63, 3.8) is 0 Å². The number of carbonyl (C=O) groups is 7. The molecule has 2 atom stereocenters. The Morgan fingerprint density at radius 2 is 1.46 bits per heavy atom. The van der Waals surface area contributed by atoms with Gasteiger partial charge in [0.15, 0.2) is 0 Å². The summed E-state index contributed by atoms with van der Waals surface area (Å²) in [6.45, 7) is 8.40. The summed E-state index contributed by atoms with van der Waals surface area (Å²) in [6.07, 6.45) is 13.1. The lowest BCUT2D eigenvalue weighted by Gasteiger charge is -2.34. The van der Waals surface area contributed by atoms with Crippen molar-refractivity contribution in [3.05, 3.63) is 71.4 Å². The summed E-state index contributed by atoms with van der Waals surface area (Å²) in [5.41, 5.74) is 11.5. The van der Waals surface area contributed by atoms with E-state index >= 15 is 0 Å². The van der Waals surface area contributed by atoms with E-state index in [4.69, 9.17) is 20.6 Å². The molecule has 0 saturated carbocycles. The molecule has 0 spiro atoms. The van der Waals surface area contributed by atoms with E-state index in [9.17, 15) is 47.4 Å². The zero-order valence-corrected chi connectivity index (χ0v) is 49.1. The van der Waals surface area contributed by atoms with Gasteiger partial charge in [0, 0.05) is 128 Å². The van der Waals surface area contributed by atoms with Gasteiger partial charge >= 0.3 is 5.97 Å². The lowest BCUT2D eigenvalue weighted by molar-refractivity contribution is -0.139. The summed E-state index contributed by atoms with van der Waals surface area (Å²) >= 11 is 0. The fourth-order valence-electron chi connectivity index (χ4n) is 9.73. The second kappa shape index (κ2) is 36.5. The van der Waals surface area contributed by atoms with Crippen LogP contribution in [0.4, 0.5) is 8.78 Å². The van der Waals surface area contributed by atoms with Crippen LogP contribution in [0.1, 0.15) is 53.6 Å². The number of benzene rings is 2. The number of aromatic nitrogens is 1. The first-order valence-electron chi connectivity index (χ1n) is 28.9. The summed E-state index contributed by atoms with van der Waals surface area (Å²) in [4.78, 5) is 104. The average Bonchev–Trinajstić information content (AvgIpc) is 2.80. The van der Waals surface area contributed by atoms with Crippen LogP contribution in [0.5, 0.6) is 5.75 Å². The number of nitrogens with zero attached hydrogens (tertiary/aromatic N) is 11. The van der Waals surface area contributed by atoms with Crippen molar-refractivity contribution in [3.8, 4) is 18.1 Å². The van der Waals surface area contributed by atoms with E-state index in [0.717, 1.165) is 35.4 Å². The van der Waals surface area contributed by atoms with Gasteiger partial charge in [-0.15, -0.1) is 6.42 Å². The molecule has 2 aromatic carbocycles. The number of nitrogens with one attached hydrogen (secondary N) is 5. The molecule has 4 amide bonds. The molecule has 3 aliphatic rings. The molecule has 29 heteroatoms. The van der Waals surface area contributed by atoms with Crippen LogP contribution in [-0.4, -0.2) is 268 Å². The Labute approximate surface area is 504 Å². The van der Waals surface area contributed by atoms with Gasteiger partial charge in [-0.3, -0.25) is 73.9 Å². The SMILES string of the molecule is C#C[C@H]1CC(F)(F)CN1C(=O)CNC(=O)c1ccnc2ccc(OCCCCN3CCN(C(=O)CCN/N=C\C(C/C=N/NCN/N=C/c4ccc(C)cc4)NC(=O)CN4CCN(COC=O)CCN(COC=O)CCN(CC(=O)O)CC4)CC3)cc12. The maximum atomic E-state index is 14.0. The van der Waals surface area contributed by atoms with Gasteiger partial charge in [-0.05, 0) is 56.1 Å². The fourth-order valence-corrected chi connectivity index (χ4v) is 9.73. The molecule has 3 fully saturated rings. The van der Waals surface area contributed by atoms with Crippen molar-refractivity contribution in [1.29, 1.82) is 0 Å². The minimum absolute atomic E-state index is 0.000478. The Bertz CT molecular complexity index is 2840. The van der Waals surface area contributed by atoms with Crippen molar-refractivity contribution >= 4 is 72.1 Å². The zero-order chi connectivity index (χ0) is 62.2. The number of hydrogen-bond donors (Lipinski definition) is 6. The Hall–Kier alpha value is -8.43. The third-order valence-corrected chi connectivity index (χ3v) is 14.5. The number of aliphatic carboxylic acids is 1. The summed E-state index contributed by atoms with van der Waals surface area (Å²) in [7, 11) is 0. The van der Waals surface area contributed by atoms with E-state index in [-0.39, 0.29) is 70.0 Å². The standard InChI is InChI=1S/C58H80F2N16O11/c1-3-48-33-58(59,60)39-76(48)55(81)36-62-57(84)50-13-15-61-52-11-10-49(32-51(50)52)87-31-5-4-18-70-27-29-75(30-28-70)54(80)14-17-63-66-35-47(12-16-64-67-40-68-65-34-46-8-6-45(2)7-9-46)69-53(79)37-71-19-20-72(38-56(82)83)22-24-74(42-86-44-78)26-25-73(23-21-71)41-85-43-77/h1,6-11,13,15-16,32,34-35,43-44,47-48,63,67-68H,4-5,12,14,17-31,33,36-42H2,2H3,(H,62,84)(H,69,79)(H,82,83)/b64-16+,65-34+,66-35-/t47?,48-/m0/s1. The number of halogens is 2. The lowest BCUT2D eigenvalue weighted by atomic mass is 10.1. The quantitative estimate of drug-likeness (QED) is 0.0120. The summed E-state index contributed by atoms with van der Waals surface area (Å²) in [5, 5.41) is 28.5. The molecule has 3 aromatic rings. The Kier molecular flexibility index (Phi) is 28.4. The van der Waals surface area contributed by atoms with Crippen molar-refractivity contribution in [1.82, 2.24) is 66.2 Å². The number of hydrazone groups is 3. The first-order valence-corrected chi connectivity index (χ1v) is 28.9. The van der Waals surface area contributed by atoms with E-state index in [2.05, 4.69) is 58.0 Å². The number of terminal acetylenes is 1. The number of hydrogen-bond acceptors (Lipinski definition) is 22. The number of alkyl halides is 2. The highest BCUT2D eigenvalue weighted by Gasteiger charge is 2.46. The largest absolute Gasteiger partial charge is 0.494 e. The number of rotatable bonds is 32. The van der Waals surface area contributed by atoms with E-state index in [1.807, 2.05) is 50.8 Å². The van der Waals surface area contributed by atoms with E-state index in [0.29, 0.717) is 115 Å². The number of aryl methyl sites for hydroxylation is 1. The van der Waals surface area contributed by atoms with Gasteiger partial charge in [-0.2, -0.15) is 15.3 Å². The van der Waals surface area contributed by atoms with Gasteiger partial charge < -0.3 is 45.2 Å². The second-order valence-corrected chi connectivity index (χ2v) is 21.0. The predicted molar refractivity (Wildman–Crippen MR) is 319 cm³/mol. The molecule has 0 bridgehead atoms. The summed E-state index contributed by atoms with van der Waals surface area (Å²) in [5.74, 6) is -2.97. The van der Waals surface area contributed by atoms with Gasteiger partial charge in [0.05, 0.1) is 62.2 Å². The number of pyridine rings is 1. The molecule has 3 aliphatic heterocycles. The third-order valence-electron chi connectivity index (χ3n) is 14.5. The molecule has 3 saturated heterocycles. The molecule has 27 nitrogen and oxygen atoms in total. The molecule has 1 unspecified atom stereocenters. The third kappa shape index (κ3) is 24.5. The average molecular weight is 1220 g/mol. The maximum Gasteiger partial charge on any atom is 0.317 e. The van der Waals surface area contributed by atoms with Gasteiger partial charge in [0.2, 0.25) is 17.7 Å². The number of carboxylic acid groups (broad SMARTS) is 1. The number of likely N-dealkylation sites (tertiary alicyclic amines) is 1. The predicted octanol–water partition coefficient (Wildman–Crippen LogP) is 0.00982. The molecular weight excluding hydrogens is 1130 g/mol. The molecule has 4 heterocycles. The molecular formula is C58H80F2N16O11. The molecule has 6 N–H and O–H groups in total. The van der Waals surface area contributed by atoms with Gasteiger partial charge in [-0.25, -0.2) is 8.78 Å². The number of unbranched alkanes of at least 4 members (excludes halogenated alkanes) is 1. The minimum atomic E-state index is -3.09. The van der Waals surface area contributed by atoms with Gasteiger partial charge in [-0.1, -0.05) is 35.7 Å². The maximum absolute atomic E-state index is 14.0. The highest BCUT2D eigenvalue weighted by molar-refractivity contribution is 6.07. The smallest absolute Gasteiger partial charge is 0.317 e. The number of fused-ring (bicyclic) bond motifs is 1. The van der Waals surface area contributed by atoms with Crippen molar-refractivity contribution in [2.75, 3.05) is 145 Å². The second-order valence-electron chi connectivity index (χ2n) is 21.0. The highest BCUT2D eigenvalue weighted by Crippen LogP contribution is 2.32. The van der Waals surface area contributed by atoms with E-state index < -0.39 is 55.3 Å². The van der Waals surface area contributed by atoms with Gasteiger partial charge in [0.25, 0.3) is 24.8 Å². The summed E-state index contributed by atoms with van der Waals surface area (Å²) in [6, 6.07) is 12.9. The minimum Gasteiger partial charge on any atom is -0.494 e. The monoisotopic (exact) mass is 1210 g/mol. The molecule has 6 rings (SSSR count). The van der Waals surface area contributed by atoms with Crippen LogP contribution in [0.2, 0.25) is 0 Å². The van der Waals surface area contributed by atoms with Crippen molar-refractivity contribution in [2.24, 2.45) is 15.3 Å². The first-order chi connectivity index (χ1) is 42.1. The topological polar surface area (TPSA) is 300 Å².